The minimum absolute atomic E-state index is 0.604. The molecule has 3 nitrogen and oxygen atoms in total. The van der Waals surface area contributed by atoms with Crippen LogP contribution in [0.4, 0.5) is 0 Å². The Morgan fingerprint density at radius 2 is 2.21 bits per heavy atom. The lowest BCUT2D eigenvalue weighted by atomic mass is 9.85. The maximum absolute atomic E-state index is 5.18. The smallest absolute Gasteiger partial charge is 0.0615 e. The van der Waals surface area contributed by atoms with Gasteiger partial charge in [0.25, 0.3) is 0 Å². The van der Waals surface area contributed by atoms with Crippen molar-refractivity contribution in [1.82, 2.24) is 10.6 Å². The molecule has 0 aromatic rings. The van der Waals surface area contributed by atoms with Crippen LogP contribution in [0.25, 0.3) is 0 Å². The summed E-state index contributed by atoms with van der Waals surface area (Å²) in [7, 11) is 1.79. The van der Waals surface area contributed by atoms with Crippen LogP contribution in [0.1, 0.15) is 19.3 Å². The second-order valence-corrected chi connectivity index (χ2v) is 4.66. The molecule has 2 fully saturated rings. The number of hydrogen-bond acceptors (Lipinski definition) is 3. The van der Waals surface area contributed by atoms with Crippen LogP contribution in [0.3, 0.4) is 0 Å². The lowest BCUT2D eigenvalue weighted by Gasteiger charge is -2.27. The van der Waals surface area contributed by atoms with Gasteiger partial charge in [0.2, 0.25) is 0 Å². The number of piperidine rings is 1. The van der Waals surface area contributed by atoms with Gasteiger partial charge >= 0.3 is 0 Å². The molecule has 3 heteroatoms. The maximum atomic E-state index is 5.18. The van der Waals surface area contributed by atoms with Crippen molar-refractivity contribution < 1.29 is 4.74 Å². The van der Waals surface area contributed by atoms with Crippen LogP contribution in [-0.4, -0.2) is 39.4 Å². The second-order valence-electron chi connectivity index (χ2n) is 4.66. The van der Waals surface area contributed by atoms with Gasteiger partial charge in [-0.1, -0.05) is 0 Å². The van der Waals surface area contributed by atoms with Crippen LogP contribution in [0, 0.1) is 11.8 Å². The highest BCUT2D eigenvalue weighted by molar-refractivity contribution is 4.87. The monoisotopic (exact) mass is 198 g/mol. The molecule has 3 atom stereocenters. The van der Waals surface area contributed by atoms with Crippen LogP contribution >= 0.6 is 0 Å². The van der Waals surface area contributed by atoms with Gasteiger partial charge in [0, 0.05) is 13.2 Å². The van der Waals surface area contributed by atoms with Crippen molar-refractivity contribution in [2.24, 2.45) is 11.8 Å². The van der Waals surface area contributed by atoms with Gasteiger partial charge in [0.1, 0.15) is 0 Å². The van der Waals surface area contributed by atoms with Crippen LogP contribution < -0.4 is 10.6 Å². The van der Waals surface area contributed by atoms with Crippen molar-refractivity contribution in [3.63, 3.8) is 0 Å². The van der Waals surface area contributed by atoms with Crippen LogP contribution in [0.5, 0.6) is 0 Å². The van der Waals surface area contributed by atoms with E-state index in [2.05, 4.69) is 10.6 Å². The fraction of sp³-hybridized carbons (Fsp3) is 1.00. The first-order chi connectivity index (χ1) is 6.90. The Morgan fingerprint density at radius 3 is 2.93 bits per heavy atom. The van der Waals surface area contributed by atoms with Gasteiger partial charge in [-0.2, -0.15) is 0 Å². The van der Waals surface area contributed by atoms with E-state index in [1.165, 1.54) is 38.9 Å². The van der Waals surface area contributed by atoms with E-state index in [1.54, 1.807) is 7.11 Å². The molecule has 82 valence electrons. The Balaban J connectivity index is 1.76. The van der Waals surface area contributed by atoms with Crippen molar-refractivity contribution in [3.8, 4) is 0 Å². The molecule has 0 aromatic carbocycles. The molecular formula is C11H22N2O. The van der Waals surface area contributed by atoms with Crippen LogP contribution in [0.15, 0.2) is 0 Å². The van der Waals surface area contributed by atoms with Gasteiger partial charge in [-0.3, -0.25) is 0 Å². The lowest BCUT2D eigenvalue weighted by Crippen LogP contribution is -2.34. The van der Waals surface area contributed by atoms with Crippen molar-refractivity contribution in [3.05, 3.63) is 0 Å². The van der Waals surface area contributed by atoms with E-state index in [-0.39, 0.29) is 0 Å². The van der Waals surface area contributed by atoms with Crippen molar-refractivity contribution in [2.75, 3.05) is 33.4 Å². The highest BCUT2D eigenvalue weighted by atomic mass is 16.5. The lowest BCUT2D eigenvalue weighted by molar-refractivity contribution is 0.169. The zero-order valence-electron chi connectivity index (χ0n) is 9.09. The third kappa shape index (κ3) is 2.47. The number of methoxy groups -OCH3 is 1. The van der Waals surface area contributed by atoms with Gasteiger partial charge in [-0.15, -0.1) is 0 Å². The minimum atomic E-state index is 0.604. The first-order valence-corrected chi connectivity index (χ1v) is 5.83. The highest BCUT2D eigenvalue weighted by Crippen LogP contribution is 2.27. The molecule has 2 heterocycles. The molecule has 2 N–H and O–H groups in total. The van der Waals surface area contributed by atoms with Gasteiger partial charge in [-0.25, -0.2) is 0 Å². The van der Waals surface area contributed by atoms with Gasteiger partial charge < -0.3 is 15.4 Å². The topological polar surface area (TPSA) is 33.3 Å². The molecule has 0 saturated carbocycles. The molecule has 0 amide bonds. The Labute approximate surface area is 86.6 Å². The fourth-order valence-corrected chi connectivity index (χ4v) is 2.82. The molecule has 0 bridgehead atoms. The molecule has 0 spiro atoms. The van der Waals surface area contributed by atoms with E-state index in [1.807, 2.05) is 0 Å². The van der Waals surface area contributed by atoms with Crippen molar-refractivity contribution >= 4 is 0 Å². The summed E-state index contributed by atoms with van der Waals surface area (Å²) in [5.41, 5.74) is 0. The highest BCUT2D eigenvalue weighted by Gasteiger charge is 2.30. The average Bonchev–Trinajstić information content (AvgIpc) is 2.68. The quantitative estimate of drug-likeness (QED) is 0.697. The fourth-order valence-electron chi connectivity index (χ4n) is 2.82. The number of nitrogens with one attached hydrogen (secondary N) is 2. The maximum Gasteiger partial charge on any atom is 0.0615 e. The summed E-state index contributed by atoms with van der Waals surface area (Å²) in [6, 6.07) is 0.604. The molecule has 0 radical (unpaired) electrons. The third-order valence-corrected chi connectivity index (χ3v) is 3.63. The summed E-state index contributed by atoms with van der Waals surface area (Å²) < 4.78 is 5.18. The number of hydrogen-bond donors (Lipinski definition) is 2. The normalized spacial score (nSPS) is 38.8. The third-order valence-electron chi connectivity index (χ3n) is 3.63. The Morgan fingerprint density at radius 1 is 1.29 bits per heavy atom. The first-order valence-electron chi connectivity index (χ1n) is 5.83. The zero-order valence-corrected chi connectivity index (χ0v) is 9.09. The summed E-state index contributed by atoms with van der Waals surface area (Å²) >= 11 is 0. The van der Waals surface area contributed by atoms with E-state index in [0.717, 1.165) is 18.4 Å². The predicted molar refractivity (Wildman–Crippen MR) is 57.4 cm³/mol. The minimum Gasteiger partial charge on any atom is -0.383 e. The summed E-state index contributed by atoms with van der Waals surface area (Å²) in [5, 5.41) is 7.05. The molecule has 3 unspecified atom stereocenters. The SMILES string of the molecule is COCC1CC(C2CCCNC2)CN1. The molecule has 2 aliphatic heterocycles. The standard InChI is InChI=1S/C11H22N2O/c1-14-8-11-5-10(7-13-11)9-3-2-4-12-6-9/h9-13H,2-8H2,1H3. The molecule has 0 aliphatic carbocycles. The zero-order chi connectivity index (χ0) is 9.80. The molecule has 2 aliphatic rings. The van der Waals surface area contributed by atoms with Crippen molar-refractivity contribution in [2.45, 2.75) is 25.3 Å². The van der Waals surface area contributed by atoms with E-state index in [4.69, 9.17) is 4.74 Å². The summed E-state index contributed by atoms with van der Waals surface area (Å²) in [5.74, 6) is 1.78. The Hall–Kier alpha value is -0.120. The van der Waals surface area contributed by atoms with Crippen LogP contribution in [0.2, 0.25) is 0 Å². The molecule has 0 aromatic heterocycles. The largest absolute Gasteiger partial charge is 0.383 e. The first kappa shape index (κ1) is 10.4. The summed E-state index contributed by atoms with van der Waals surface area (Å²) in [6.45, 7) is 4.52. The number of rotatable bonds is 3. The van der Waals surface area contributed by atoms with E-state index in [9.17, 15) is 0 Å². The van der Waals surface area contributed by atoms with E-state index in [0.29, 0.717) is 6.04 Å². The molecule has 2 rings (SSSR count). The van der Waals surface area contributed by atoms with Crippen molar-refractivity contribution in [1.29, 1.82) is 0 Å². The van der Waals surface area contributed by atoms with Crippen LogP contribution in [-0.2, 0) is 4.74 Å². The summed E-state index contributed by atoms with van der Waals surface area (Å²) in [6.07, 6.45) is 4.08. The predicted octanol–water partition coefficient (Wildman–Crippen LogP) is 0.611. The average molecular weight is 198 g/mol. The molecular weight excluding hydrogens is 176 g/mol. The molecule has 14 heavy (non-hydrogen) atoms. The Bertz CT molecular complexity index is 169. The summed E-state index contributed by atoms with van der Waals surface area (Å²) in [4.78, 5) is 0. The van der Waals surface area contributed by atoms with E-state index < -0.39 is 0 Å². The molecule has 2 saturated heterocycles. The van der Waals surface area contributed by atoms with Gasteiger partial charge in [-0.05, 0) is 50.7 Å². The second kappa shape index (κ2) is 5.10. The van der Waals surface area contributed by atoms with E-state index >= 15 is 0 Å². The number of ether oxygens (including phenoxy) is 1. The van der Waals surface area contributed by atoms with Gasteiger partial charge in [0.05, 0.1) is 6.61 Å². The van der Waals surface area contributed by atoms with Gasteiger partial charge in [0.15, 0.2) is 0 Å². The Kier molecular flexibility index (Phi) is 3.79.